The number of hydrogen-bond acceptors (Lipinski definition) is 3. The van der Waals surface area contributed by atoms with Crippen LogP contribution in [0.5, 0.6) is 0 Å². The standard InChI is InChI=1S/C23H27N3O2S/c1-23(2,3)17-11-9-16(10-12-17)15-25(4)20(27)13-14-26-21(28)18-7-5-6-8-19(18)24-22(26)29/h5-12H,13-15H2,1-4H3,(H,24,29). The summed E-state index contributed by atoms with van der Waals surface area (Å²) >= 11 is 5.31. The van der Waals surface area contributed by atoms with Crippen molar-refractivity contribution in [2.45, 2.75) is 45.7 Å². The van der Waals surface area contributed by atoms with E-state index in [1.807, 2.05) is 18.2 Å². The van der Waals surface area contributed by atoms with Crippen molar-refractivity contribution in [3.8, 4) is 0 Å². The minimum absolute atomic E-state index is 0.0284. The third-order valence-electron chi connectivity index (χ3n) is 5.10. The average molecular weight is 410 g/mol. The Morgan fingerprint density at radius 2 is 1.76 bits per heavy atom. The summed E-state index contributed by atoms with van der Waals surface area (Å²) in [6.07, 6.45) is 0.215. The van der Waals surface area contributed by atoms with Gasteiger partial charge < -0.3 is 9.88 Å². The molecular formula is C23H27N3O2S. The van der Waals surface area contributed by atoms with Gasteiger partial charge in [0.2, 0.25) is 5.91 Å². The molecule has 0 radical (unpaired) electrons. The minimum atomic E-state index is -0.169. The minimum Gasteiger partial charge on any atom is -0.341 e. The van der Waals surface area contributed by atoms with E-state index in [4.69, 9.17) is 12.2 Å². The van der Waals surface area contributed by atoms with Gasteiger partial charge in [0, 0.05) is 26.6 Å². The third-order valence-corrected chi connectivity index (χ3v) is 5.43. The van der Waals surface area contributed by atoms with Gasteiger partial charge in [0.05, 0.1) is 10.9 Å². The highest BCUT2D eigenvalue weighted by molar-refractivity contribution is 7.71. The fourth-order valence-corrected chi connectivity index (χ4v) is 3.56. The molecule has 1 heterocycles. The molecule has 0 spiro atoms. The fraction of sp³-hybridized carbons (Fsp3) is 0.348. The zero-order chi connectivity index (χ0) is 21.2. The van der Waals surface area contributed by atoms with Gasteiger partial charge in [-0.3, -0.25) is 14.2 Å². The number of nitrogens with one attached hydrogen (secondary N) is 1. The number of para-hydroxylation sites is 1. The van der Waals surface area contributed by atoms with E-state index in [0.29, 0.717) is 22.2 Å². The number of fused-ring (bicyclic) bond motifs is 1. The molecule has 0 fully saturated rings. The first-order valence-electron chi connectivity index (χ1n) is 9.72. The Kier molecular flexibility index (Phi) is 6.03. The van der Waals surface area contributed by atoms with Crippen LogP contribution in [0.2, 0.25) is 0 Å². The van der Waals surface area contributed by atoms with Gasteiger partial charge in [-0.2, -0.15) is 0 Å². The number of rotatable bonds is 5. The number of benzene rings is 2. The maximum atomic E-state index is 12.7. The number of carbonyl (C=O) groups excluding carboxylic acids is 1. The number of nitrogens with zero attached hydrogens (tertiary/aromatic N) is 2. The topological polar surface area (TPSA) is 58.1 Å². The molecule has 152 valence electrons. The van der Waals surface area contributed by atoms with Crippen molar-refractivity contribution < 1.29 is 4.79 Å². The van der Waals surface area contributed by atoms with E-state index in [-0.39, 0.29) is 29.8 Å². The first-order valence-corrected chi connectivity index (χ1v) is 10.1. The summed E-state index contributed by atoms with van der Waals surface area (Å²) < 4.78 is 1.79. The van der Waals surface area contributed by atoms with Crippen LogP contribution in [0.3, 0.4) is 0 Å². The quantitative estimate of drug-likeness (QED) is 0.635. The lowest BCUT2D eigenvalue weighted by Gasteiger charge is -2.21. The summed E-state index contributed by atoms with van der Waals surface area (Å²) in [6.45, 7) is 7.32. The van der Waals surface area contributed by atoms with Gasteiger partial charge in [0.15, 0.2) is 4.77 Å². The number of aromatic nitrogens is 2. The second-order valence-electron chi connectivity index (χ2n) is 8.38. The van der Waals surface area contributed by atoms with E-state index in [1.54, 1.807) is 18.0 Å². The Morgan fingerprint density at radius 3 is 2.41 bits per heavy atom. The Morgan fingerprint density at radius 1 is 1.10 bits per heavy atom. The van der Waals surface area contributed by atoms with E-state index in [2.05, 4.69) is 50.0 Å². The Labute approximate surface area is 176 Å². The monoisotopic (exact) mass is 409 g/mol. The van der Waals surface area contributed by atoms with Crippen LogP contribution >= 0.6 is 12.2 Å². The number of aromatic amines is 1. The van der Waals surface area contributed by atoms with Crippen LogP contribution in [0, 0.1) is 4.77 Å². The van der Waals surface area contributed by atoms with Gasteiger partial charge in [-0.15, -0.1) is 0 Å². The molecule has 0 bridgehead atoms. The Bertz CT molecular complexity index is 1140. The maximum Gasteiger partial charge on any atom is 0.262 e. The number of amides is 1. The number of hydrogen-bond donors (Lipinski definition) is 1. The smallest absolute Gasteiger partial charge is 0.262 e. The molecule has 3 rings (SSSR count). The predicted octanol–water partition coefficient (Wildman–Crippen LogP) is 4.41. The van der Waals surface area contributed by atoms with Crippen LogP contribution in [0.4, 0.5) is 0 Å². The molecule has 0 saturated heterocycles. The van der Waals surface area contributed by atoms with Crippen LogP contribution in [-0.2, 0) is 23.3 Å². The van der Waals surface area contributed by atoms with Crippen molar-refractivity contribution in [3.63, 3.8) is 0 Å². The SMILES string of the molecule is CN(Cc1ccc(C(C)(C)C)cc1)C(=O)CCn1c(=S)[nH]c2ccccc2c1=O. The van der Waals surface area contributed by atoms with Crippen LogP contribution in [0.25, 0.3) is 10.9 Å². The molecule has 1 amide bonds. The lowest BCUT2D eigenvalue weighted by atomic mass is 9.87. The van der Waals surface area contributed by atoms with Crippen LogP contribution < -0.4 is 5.56 Å². The van der Waals surface area contributed by atoms with E-state index >= 15 is 0 Å². The molecule has 2 aromatic carbocycles. The summed E-state index contributed by atoms with van der Waals surface area (Å²) in [4.78, 5) is 30.0. The lowest BCUT2D eigenvalue weighted by Crippen LogP contribution is -2.29. The molecule has 0 atom stereocenters. The normalized spacial score (nSPS) is 11.6. The van der Waals surface area contributed by atoms with Crippen molar-refractivity contribution in [2.24, 2.45) is 0 Å². The molecule has 3 aromatic rings. The van der Waals surface area contributed by atoms with Gasteiger partial charge in [0.1, 0.15) is 0 Å². The zero-order valence-electron chi connectivity index (χ0n) is 17.4. The van der Waals surface area contributed by atoms with Gasteiger partial charge >= 0.3 is 0 Å². The highest BCUT2D eigenvalue weighted by Crippen LogP contribution is 2.22. The average Bonchev–Trinajstić information content (AvgIpc) is 2.67. The van der Waals surface area contributed by atoms with Crippen LogP contribution in [0.15, 0.2) is 53.3 Å². The summed E-state index contributed by atoms with van der Waals surface area (Å²) in [5, 5.41) is 0.570. The molecule has 1 aromatic heterocycles. The van der Waals surface area contributed by atoms with Crippen molar-refractivity contribution in [1.29, 1.82) is 0 Å². The summed E-state index contributed by atoms with van der Waals surface area (Å²) in [7, 11) is 1.78. The first-order chi connectivity index (χ1) is 13.7. The predicted molar refractivity (Wildman–Crippen MR) is 120 cm³/mol. The molecule has 6 heteroatoms. The number of H-pyrrole nitrogens is 1. The highest BCUT2D eigenvalue weighted by Gasteiger charge is 2.15. The van der Waals surface area contributed by atoms with E-state index in [9.17, 15) is 9.59 Å². The molecule has 0 saturated carbocycles. The molecule has 0 aliphatic carbocycles. The van der Waals surface area contributed by atoms with Crippen molar-refractivity contribution >= 4 is 29.0 Å². The molecule has 5 nitrogen and oxygen atoms in total. The Hall–Kier alpha value is -2.73. The van der Waals surface area contributed by atoms with E-state index < -0.39 is 0 Å². The second-order valence-corrected chi connectivity index (χ2v) is 8.77. The molecular weight excluding hydrogens is 382 g/mol. The largest absolute Gasteiger partial charge is 0.341 e. The van der Waals surface area contributed by atoms with Gasteiger partial charge in [-0.25, -0.2) is 0 Å². The fourth-order valence-electron chi connectivity index (χ4n) is 3.27. The van der Waals surface area contributed by atoms with Gasteiger partial charge in [0.25, 0.3) is 5.56 Å². The van der Waals surface area contributed by atoms with Crippen LogP contribution in [-0.4, -0.2) is 27.4 Å². The molecule has 0 unspecified atom stereocenters. The lowest BCUT2D eigenvalue weighted by molar-refractivity contribution is -0.130. The summed E-state index contributed by atoms with van der Waals surface area (Å²) in [5.74, 6) is -0.0284. The van der Waals surface area contributed by atoms with E-state index in [1.165, 1.54) is 10.1 Å². The number of carbonyl (C=O) groups is 1. The van der Waals surface area contributed by atoms with Crippen molar-refractivity contribution in [1.82, 2.24) is 14.5 Å². The highest BCUT2D eigenvalue weighted by atomic mass is 32.1. The summed E-state index contributed by atoms with van der Waals surface area (Å²) in [5.41, 5.74) is 2.99. The van der Waals surface area contributed by atoms with Crippen molar-refractivity contribution in [2.75, 3.05) is 7.05 Å². The third kappa shape index (κ3) is 4.82. The maximum absolute atomic E-state index is 12.7. The molecule has 0 aliphatic rings. The summed E-state index contributed by atoms with van der Waals surface area (Å²) in [6, 6.07) is 15.6. The second kappa shape index (κ2) is 8.33. The molecule has 0 aliphatic heterocycles. The molecule has 29 heavy (non-hydrogen) atoms. The van der Waals surface area contributed by atoms with E-state index in [0.717, 1.165) is 5.56 Å². The Balaban J connectivity index is 1.67. The van der Waals surface area contributed by atoms with Gasteiger partial charge in [-0.05, 0) is 40.9 Å². The zero-order valence-corrected chi connectivity index (χ0v) is 18.2. The molecule has 1 N–H and O–H groups in total. The van der Waals surface area contributed by atoms with Crippen molar-refractivity contribution in [3.05, 3.63) is 74.8 Å². The van der Waals surface area contributed by atoms with Gasteiger partial charge in [-0.1, -0.05) is 57.2 Å². The van der Waals surface area contributed by atoms with Crippen LogP contribution in [0.1, 0.15) is 38.3 Å². The first kappa shape index (κ1) is 21.0.